The first-order valence-corrected chi connectivity index (χ1v) is 7.45. The van der Waals surface area contributed by atoms with E-state index in [0.29, 0.717) is 17.7 Å². The van der Waals surface area contributed by atoms with Crippen LogP contribution in [0.2, 0.25) is 5.15 Å². The van der Waals surface area contributed by atoms with Crippen LogP contribution in [0.1, 0.15) is 26.3 Å². The lowest BCUT2D eigenvalue weighted by Crippen LogP contribution is -2.42. The molecule has 0 radical (unpaired) electrons. The van der Waals surface area contributed by atoms with Gasteiger partial charge in [0.1, 0.15) is 17.3 Å². The summed E-state index contributed by atoms with van der Waals surface area (Å²) in [4.78, 5) is 19.7. The van der Waals surface area contributed by atoms with E-state index < -0.39 is 5.60 Å². The molecule has 0 unspecified atom stereocenters. The summed E-state index contributed by atoms with van der Waals surface area (Å²) in [5.41, 5.74) is 0.580. The van der Waals surface area contributed by atoms with Gasteiger partial charge in [-0.25, -0.2) is 4.98 Å². The van der Waals surface area contributed by atoms with Gasteiger partial charge in [0.2, 0.25) is 0 Å². The van der Waals surface area contributed by atoms with Crippen molar-refractivity contribution in [2.45, 2.75) is 32.8 Å². The molecule has 0 aromatic carbocycles. The maximum atomic E-state index is 11.6. The largest absolute Gasteiger partial charge is 0.459 e. The maximum absolute atomic E-state index is 11.6. The van der Waals surface area contributed by atoms with E-state index in [1.54, 1.807) is 19.3 Å². The number of carbonyl (C=O) groups excluding carboxylic acids is 1. The molecule has 0 atom stereocenters. The summed E-state index contributed by atoms with van der Waals surface area (Å²) in [6, 6.07) is 3.68. The van der Waals surface area contributed by atoms with Gasteiger partial charge in [0.25, 0.3) is 0 Å². The van der Waals surface area contributed by atoms with Crippen LogP contribution in [0.5, 0.6) is 0 Å². The monoisotopic (exact) mass is 326 g/mol. The number of ether oxygens (including phenoxy) is 1. The molecule has 1 aromatic rings. The third-order valence-electron chi connectivity index (χ3n) is 2.54. The Labute approximate surface area is 136 Å². The first-order chi connectivity index (χ1) is 10.3. The molecule has 0 fully saturated rings. The van der Waals surface area contributed by atoms with Crippen LogP contribution in [-0.2, 0) is 16.0 Å². The van der Waals surface area contributed by atoms with E-state index in [4.69, 9.17) is 16.3 Å². The van der Waals surface area contributed by atoms with Crippen molar-refractivity contribution in [1.82, 2.24) is 15.6 Å². The van der Waals surface area contributed by atoms with Crippen LogP contribution < -0.4 is 10.6 Å². The number of nitrogens with one attached hydrogen (secondary N) is 2. The SMILES string of the molecule is CN=C(NCCc1ccc(Cl)nc1)NCC(=O)OC(C)(C)C. The summed E-state index contributed by atoms with van der Waals surface area (Å²) in [5, 5.41) is 6.51. The molecule has 1 rings (SSSR count). The fraction of sp³-hybridized carbons (Fsp3) is 0.533. The fourth-order valence-corrected chi connectivity index (χ4v) is 1.75. The third kappa shape index (κ3) is 7.83. The van der Waals surface area contributed by atoms with E-state index >= 15 is 0 Å². The van der Waals surface area contributed by atoms with Crippen molar-refractivity contribution < 1.29 is 9.53 Å². The number of carbonyl (C=O) groups is 1. The Bertz CT molecular complexity index is 509. The Morgan fingerprint density at radius 2 is 2.09 bits per heavy atom. The topological polar surface area (TPSA) is 75.6 Å². The maximum Gasteiger partial charge on any atom is 0.325 e. The van der Waals surface area contributed by atoms with Crippen LogP contribution in [0.4, 0.5) is 0 Å². The van der Waals surface area contributed by atoms with E-state index in [1.165, 1.54) is 0 Å². The summed E-state index contributed by atoms with van der Waals surface area (Å²) < 4.78 is 5.21. The van der Waals surface area contributed by atoms with Gasteiger partial charge in [-0.2, -0.15) is 0 Å². The zero-order valence-corrected chi connectivity index (χ0v) is 14.2. The first-order valence-electron chi connectivity index (χ1n) is 7.07. The lowest BCUT2D eigenvalue weighted by molar-refractivity contribution is -0.153. The van der Waals surface area contributed by atoms with Gasteiger partial charge < -0.3 is 15.4 Å². The molecule has 0 aliphatic rings. The van der Waals surface area contributed by atoms with Crippen molar-refractivity contribution in [1.29, 1.82) is 0 Å². The number of guanidine groups is 1. The van der Waals surface area contributed by atoms with E-state index in [9.17, 15) is 4.79 Å². The average Bonchev–Trinajstić information content (AvgIpc) is 2.42. The molecule has 0 saturated carbocycles. The second-order valence-corrected chi connectivity index (χ2v) is 6.07. The molecule has 0 aliphatic carbocycles. The predicted octanol–water partition coefficient (Wildman–Crippen LogP) is 1.78. The van der Waals surface area contributed by atoms with Crippen molar-refractivity contribution in [3.63, 3.8) is 0 Å². The number of hydrogen-bond acceptors (Lipinski definition) is 4. The Morgan fingerprint density at radius 1 is 1.36 bits per heavy atom. The smallest absolute Gasteiger partial charge is 0.325 e. The molecule has 2 N–H and O–H groups in total. The van der Waals surface area contributed by atoms with E-state index in [0.717, 1.165) is 12.0 Å². The van der Waals surface area contributed by atoms with Gasteiger partial charge in [0.05, 0.1) is 0 Å². The van der Waals surface area contributed by atoms with E-state index in [1.807, 2.05) is 26.8 Å². The van der Waals surface area contributed by atoms with Crippen molar-refractivity contribution in [2.75, 3.05) is 20.1 Å². The van der Waals surface area contributed by atoms with Gasteiger partial charge in [-0.15, -0.1) is 0 Å². The van der Waals surface area contributed by atoms with Crippen LogP contribution in [0.15, 0.2) is 23.3 Å². The van der Waals surface area contributed by atoms with Gasteiger partial charge in [-0.1, -0.05) is 17.7 Å². The molecule has 1 heterocycles. The van der Waals surface area contributed by atoms with Gasteiger partial charge in [-0.3, -0.25) is 9.79 Å². The number of nitrogens with zero attached hydrogens (tertiary/aromatic N) is 2. The Balaban J connectivity index is 2.31. The number of hydrogen-bond donors (Lipinski definition) is 2. The number of rotatable bonds is 5. The Kier molecular flexibility index (Phi) is 7.11. The first kappa shape index (κ1) is 18.2. The molecular formula is C15H23ClN4O2. The molecule has 122 valence electrons. The molecule has 0 saturated heterocycles. The minimum absolute atomic E-state index is 0.0689. The van der Waals surface area contributed by atoms with Crippen LogP contribution in [0.3, 0.4) is 0 Å². The van der Waals surface area contributed by atoms with Gasteiger partial charge in [-0.05, 0) is 38.8 Å². The summed E-state index contributed by atoms with van der Waals surface area (Å²) in [5.74, 6) is 0.227. The van der Waals surface area contributed by atoms with Crippen molar-refractivity contribution in [3.05, 3.63) is 29.0 Å². The second kappa shape index (κ2) is 8.58. The summed E-state index contributed by atoms with van der Waals surface area (Å²) >= 11 is 5.74. The second-order valence-electron chi connectivity index (χ2n) is 5.68. The zero-order valence-electron chi connectivity index (χ0n) is 13.4. The van der Waals surface area contributed by atoms with E-state index in [2.05, 4.69) is 20.6 Å². The third-order valence-corrected chi connectivity index (χ3v) is 2.76. The van der Waals surface area contributed by atoms with Gasteiger partial charge >= 0.3 is 5.97 Å². The predicted molar refractivity (Wildman–Crippen MR) is 88.2 cm³/mol. The minimum atomic E-state index is -0.489. The Morgan fingerprint density at radius 3 is 2.64 bits per heavy atom. The molecule has 7 heteroatoms. The number of aliphatic imine (C=N–C) groups is 1. The standard InChI is InChI=1S/C15H23ClN4O2/c1-15(2,3)22-13(21)10-20-14(17-4)18-8-7-11-5-6-12(16)19-9-11/h5-6,9H,7-8,10H2,1-4H3,(H2,17,18,20). The highest BCUT2D eigenvalue weighted by atomic mass is 35.5. The molecule has 0 aliphatic heterocycles. The average molecular weight is 327 g/mol. The molecule has 0 amide bonds. The number of halogens is 1. The molecular weight excluding hydrogens is 304 g/mol. The highest BCUT2D eigenvalue weighted by Gasteiger charge is 2.16. The van der Waals surface area contributed by atoms with Gasteiger partial charge in [0.15, 0.2) is 5.96 Å². The van der Waals surface area contributed by atoms with Crippen LogP contribution in [0, 0.1) is 0 Å². The molecule has 0 bridgehead atoms. The summed E-state index contributed by atoms with van der Waals surface area (Å²) in [6.45, 7) is 6.23. The molecule has 6 nitrogen and oxygen atoms in total. The number of aromatic nitrogens is 1. The van der Waals surface area contributed by atoms with Crippen molar-refractivity contribution >= 4 is 23.5 Å². The van der Waals surface area contributed by atoms with Crippen LogP contribution >= 0.6 is 11.6 Å². The highest BCUT2D eigenvalue weighted by Crippen LogP contribution is 2.06. The molecule has 0 spiro atoms. The zero-order chi connectivity index (χ0) is 16.6. The normalized spacial score (nSPS) is 12.0. The lowest BCUT2D eigenvalue weighted by Gasteiger charge is -2.20. The number of esters is 1. The van der Waals surface area contributed by atoms with Gasteiger partial charge in [0, 0.05) is 19.8 Å². The van der Waals surface area contributed by atoms with Crippen molar-refractivity contribution in [2.24, 2.45) is 4.99 Å². The quantitative estimate of drug-likeness (QED) is 0.373. The van der Waals surface area contributed by atoms with Crippen LogP contribution in [0.25, 0.3) is 0 Å². The Hall–Kier alpha value is -1.82. The molecule has 22 heavy (non-hydrogen) atoms. The van der Waals surface area contributed by atoms with Crippen LogP contribution in [-0.4, -0.2) is 42.7 Å². The molecule has 1 aromatic heterocycles. The summed E-state index contributed by atoms with van der Waals surface area (Å²) in [7, 11) is 1.65. The minimum Gasteiger partial charge on any atom is -0.459 e. The highest BCUT2D eigenvalue weighted by molar-refractivity contribution is 6.29. The lowest BCUT2D eigenvalue weighted by atomic mass is 10.2. The van der Waals surface area contributed by atoms with Crippen molar-refractivity contribution in [3.8, 4) is 0 Å². The summed E-state index contributed by atoms with van der Waals surface area (Å²) in [6.07, 6.45) is 2.51. The van der Waals surface area contributed by atoms with E-state index in [-0.39, 0.29) is 12.5 Å². The fourth-order valence-electron chi connectivity index (χ4n) is 1.63. The number of pyridine rings is 1.